The molecule has 1 aliphatic rings. The van der Waals surface area contributed by atoms with Crippen LogP contribution >= 0.6 is 0 Å². The molecule has 2 rings (SSSR count). The summed E-state index contributed by atoms with van der Waals surface area (Å²) in [5, 5.41) is 3.49. The summed E-state index contributed by atoms with van der Waals surface area (Å²) in [6.45, 7) is 4.47. The van der Waals surface area contributed by atoms with Crippen molar-refractivity contribution in [1.82, 2.24) is 5.32 Å². The van der Waals surface area contributed by atoms with Gasteiger partial charge in [0.2, 0.25) is 0 Å². The number of methoxy groups -OCH3 is 1. The lowest BCUT2D eigenvalue weighted by molar-refractivity contribution is -0.0695. The first-order valence-corrected chi connectivity index (χ1v) is 6.76. The van der Waals surface area contributed by atoms with Crippen molar-refractivity contribution < 1.29 is 9.47 Å². The van der Waals surface area contributed by atoms with Crippen molar-refractivity contribution in [3.63, 3.8) is 0 Å². The van der Waals surface area contributed by atoms with Crippen LogP contribution < -0.4 is 10.1 Å². The lowest BCUT2D eigenvalue weighted by atomic mass is 9.80. The van der Waals surface area contributed by atoms with Crippen molar-refractivity contribution in [3.8, 4) is 5.75 Å². The van der Waals surface area contributed by atoms with Crippen LogP contribution in [0.3, 0.4) is 0 Å². The minimum absolute atomic E-state index is 0.0839. The van der Waals surface area contributed by atoms with Gasteiger partial charge in [-0.2, -0.15) is 0 Å². The third kappa shape index (κ3) is 3.03. The zero-order valence-electron chi connectivity index (χ0n) is 11.4. The molecule has 1 saturated carbocycles. The average molecular weight is 249 g/mol. The Hall–Kier alpha value is -1.06. The maximum atomic E-state index is 5.62. The zero-order chi connectivity index (χ0) is 12.8. The third-order valence-electron chi connectivity index (χ3n) is 3.73. The van der Waals surface area contributed by atoms with Crippen LogP contribution in [0.4, 0.5) is 0 Å². The number of hydrogen-bond donors (Lipinski definition) is 1. The second-order valence-electron chi connectivity index (χ2n) is 4.88. The highest BCUT2D eigenvalue weighted by Gasteiger charge is 2.36. The Bertz CT molecular complexity index is 369. The van der Waals surface area contributed by atoms with E-state index in [9.17, 15) is 0 Å². The van der Waals surface area contributed by atoms with E-state index in [4.69, 9.17) is 9.47 Å². The van der Waals surface area contributed by atoms with Gasteiger partial charge in [-0.15, -0.1) is 0 Å². The highest BCUT2D eigenvalue weighted by Crippen LogP contribution is 2.34. The molecule has 0 radical (unpaired) electrons. The van der Waals surface area contributed by atoms with Crippen LogP contribution in [0.5, 0.6) is 5.75 Å². The molecule has 100 valence electrons. The molecule has 1 aromatic carbocycles. The Morgan fingerprint density at radius 3 is 2.67 bits per heavy atom. The standard InChI is InChI=1S/C15H23NO2/c1-3-18-14-8-5-4-7-13(14)11-16-12-15(17-2)9-6-10-15/h4-5,7-8,16H,3,6,9-12H2,1-2H3. The van der Waals surface area contributed by atoms with Gasteiger partial charge in [0.05, 0.1) is 12.2 Å². The van der Waals surface area contributed by atoms with Gasteiger partial charge in [-0.05, 0) is 32.3 Å². The summed E-state index contributed by atoms with van der Waals surface area (Å²) < 4.78 is 11.2. The van der Waals surface area contributed by atoms with Gasteiger partial charge in [-0.25, -0.2) is 0 Å². The van der Waals surface area contributed by atoms with Gasteiger partial charge in [0.1, 0.15) is 5.75 Å². The second-order valence-corrected chi connectivity index (χ2v) is 4.88. The molecule has 0 aromatic heterocycles. The summed E-state index contributed by atoms with van der Waals surface area (Å²) in [7, 11) is 1.81. The molecule has 0 amide bonds. The summed E-state index contributed by atoms with van der Waals surface area (Å²) in [5.74, 6) is 0.979. The fraction of sp³-hybridized carbons (Fsp3) is 0.600. The van der Waals surface area contributed by atoms with Crippen molar-refractivity contribution in [2.75, 3.05) is 20.3 Å². The number of para-hydroxylation sites is 1. The molecule has 0 spiro atoms. The van der Waals surface area contributed by atoms with Gasteiger partial charge in [-0.3, -0.25) is 0 Å². The molecule has 0 heterocycles. The molecule has 1 aliphatic carbocycles. The summed E-state index contributed by atoms with van der Waals surface area (Å²) in [6.07, 6.45) is 3.62. The number of hydrogen-bond acceptors (Lipinski definition) is 3. The van der Waals surface area contributed by atoms with Crippen molar-refractivity contribution in [2.45, 2.75) is 38.3 Å². The SMILES string of the molecule is CCOc1ccccc1CNCC1(OC)CCC1. The van der Waals surface area contributed by atoms with Crippen LogP contribution in [-0.2, 0) is 11.3 Å². The highest BCUT2D eigenvalue weighted by atomic mass is 16.5. The number of benzene rings is 1. The van der Waals surface area contributed by atoms with Gasteiger partial charge in [0, 0.05) is 25.8 Å². The van der Waals surface area contributed by atoms with Crippen molar-refractivity contribution >= 4 is 0 Å². The van der Waals surface area contributed by atoms with Crippen LogP contribution in [0.1, 0.15) is 31.7 Å². The first-order chi connectivity index (χ1) is 8.79. The number of rotatable bonds is 7. The van der Waals surface area contributed by atoms with Gasteiger partial charge >= 0.3 is 0 Å². The van der Waals surface area contributed by atoms with Gasteiger partial charge in [0.15, 0.2) is 0 Å². The summed E-state index contributed by atoms with van der Waals surface area (Å²) >= 11 is 0. The van der Waals surface area contributed by atoms with E-state index in [1.54, 1.807) is 0 Å². The Morgan fingerprint density at radius 1 is 1.28 bits per heavy atom. The van der Waals surface area contributed by atoms with Gasteiger partial charge in [-0.1, -0.05) is 18.2 Å². The molecule has 1 aromatic rings. The molecule has 3 heteroatoms. The molecule has 18 heavy (non-hydrogen) atoms. The molecule has 1 fully saturated rings. The smallest absolute Gasteiger partial charge is 0.123 e. The molecule has 0 saturated heterocycles. The maximum absolute atomic E-state index is 5.62. The first kappa shape index (κ1) is 13.4. The molecular formula is C15H23NO2. The molecule has 0 bridgehead atoms. The molecule has 3 nitrogen and oxygen atoms in total. The summed E-state index contributed by atoms with van der Waals surface area (Å²) in [4.78, 5) is 0. The molecule has 1 N–H and O–H groups in total. The Morgan fingerprint density at radius 2 is 2.06 bits per heavy atom. The Kier molecular flexibility index (Phi) is 4.61. The van der Waals surface area contributed by atoms with E-state index in [0.29, 0.717) is 6.61 Å². The monoisotopic (exact) mass is 249 g/mol. The minimum Gasteiger partial charge on any atom is -0.494 e. The van der Waals surface area contributed by atoms with E-state index >= 15 is 0 Å². The average Bonchev–Trinajstić information content (AvgIpc) is 2.35. The second kappa shape index (κ2) is 6.21. The number of ether oxygens (including phenoxy) is 2. The van der Waals surface area contributed by atoms with Gasteiger partial charge in [0.25, 0.3) is 0 Å². The largest absolute Gasteiger partial charge is 0.494 e. The van der Waals surface area contributed by atoms with Crippen LogP contribution in [0.15, 0.2) is 24.3 Å². The predicted molar refractivity (Wildman–Crippen MR) is 72.9 cm³/mol. The van der Waals surface area contributed by atoms with E-state index < -0.39 is 0 Å². The first-order valence-electron chi connectivity index (χ1n) is 6.76. The zero-order valence-corrected chi connectivity index (χ0v) is 11.4. The van der Waals surface area contributed by atoms with E-state index in [1.807, 2.05) is 26.2 Å². The van der Waals surface area contributed by atoms with Gasteiger partial charge < -0.3 is 14.8 Å². The van der Waals surface area contributed by atoms with Crippen LogP contribution in [-0.4, -0.2) is 25.9 Å². The fourth-order valence-corrected chi connectivity index (χ4v) is 2.40. The molecule has 0 unspecified atom stereocenters. The third-order valence-corrected chi connectivity index (χ3v) is 3.73. The summed E-state index contributed by atoms with van der Waals surface area (Å²) in [5.41, 5.74) is 1.30. The minimum atomic E-state index is 0.0839. The Labute approximate surface area is 109 Å². The summed E-state index contributed by atoms with van der Waals surface area (Å²) in [6, 6.07) is 8.19. The Balaban J connectivity index is 1.86. The van der Waals surface area contributed by atoms with Crippen LogP contribution in [0, 0.1) is 0 Å². The quantitative estimate of drug-likeness (QED) is 0.806. The van der Waals surface area contributed by atoms with Crippen LogP contribution in [0.25, 0.3) is 0 Å². The van der Waals surface area contributed by atoms with E-state index in [2.05, 4.69) is 17.4 Å². The van der Waals surface area contributed by atoms with Crippen molar-refractivity contribution in [1.29, 1.82) is 0 Å². The molecule has 0 aliphatic heterocycles. The van der Waals surface area contributed by atoms with E-state index in [1.165, 1.54) is 24.8 Å². The molecular weight excluding hydrogens is 226 g/mol. The van der Waals surface area contributed by atoms with Crippen molar-refractivity contribution in [3.05, 3.63) is 29.8 Å². The predicted octanol–water partition coefficient (Wildman–Crippen LogP) is 2.74. The topological polar surface area (TPSA) is 30.5 Å². The van der Waals surface area contributed by atoms with E-state index in [-0.39, 0.29) is 5.60 Å². The van der Waals surface area contributed by atoms with E-state index in [0.717, 1.165) is 18.8 Å². The van der Waals surface area contributed by atoms with Crippen molar-refractivity contribution in [2.24, 2.45) is 0 Å². The van der Waals surface area contributed by atoms with Crippen LogP contribution in [0.2, 0.25) is 0 Å². The lowest BCUT2D eigenvalue weighted by Gasteiger charge is -2.40. The normalized spacial score (nSPS) is 17.2. The number of nitrogens with one attached hydrogen (secondary N) is 1. The molecule has 0 atom stereocenters. The highest BCUT2D eigenvalue weighted by molar-refractivity contribution is 5.33. The maximum Gasteiger partial charge on any atom is 0.123 e. The lowest BCUT2D eigenvalue weighted by Crippen LogP contribution is -2.47. The fourth-order valence-electron chi connectivity index (χ4n) is 2.40.